The van der Waals surface area contributed by atoms with E-state index >= 15 is 0 Å². The van der Waals surface area contributed by atoms with Gasteiger partial charge in [0.25, 0.3) is 14.7 Å². The molecule has 0 unspecified atom stereocenters. The Morgan fingerprint density at radius 3 is 0.515 bits per heavy atom. The van der Waals surface area contributed by atoms with E-state index in [1.54, 1.807) is 0 Å². The molecule has 366 valence electrons. The van der Waals surface area contributed by atoms with Crippen LogP contribution in [0.2, 0.25) is 0 Å². The van der Waals surface area contributed by atoms with E-state index in [0.717, 1.165) is 0 Å². The largest absolute Gasteiger partial charge is 0.416 e. The molecule has 4 rings (SSSR count). The zero-order valence-corrected chi connectivity index (χ0v) is 33.5. The van der Waals surface area contributed by atoms with Gasteiger partial charge in [-0.1, -0.05) is 0 Å². The Bertz CT molecular complexity index is 2080. The number of benzene rings is 4. The van der Waals surface area contributed by atoms with Crippen molar-refractivity contribution in [3.63, 3.8) is 0 Å². The van der Waals surface area contributed by atoms with Gasteiger partial charge in [0.2, 0.25) is 0 Å². The van der Waals surface area contributed by atoms with Gasteiger partial charge < -0.3 is 9.05 Å². The Balaban J connectivity index is 2.12. The first-order chi connectivity index (χ1) is 29.3. The van der Waals surface area contributed by atoms with E-state index in [1.165, 1.54) is 0 Å². The lowest BCUT2D eigenvalue weighted by Gasteiger charge is -2.31. The number of hydrogen-bond acceptors (Lipinski definition) is 4. The minimum absolute atomic E-state index is 0.332. The zero-order chi connectivity index (χ0) is 51.0. The highest BCUT2D eigenvalue weighted by molar-refractivity contribution is 7.74. The quantitative estimate of drug-likeness (QED) is 0.124. The van der Waals surface area contributed by atoms with E-state index in [2.05, 4.69) is 0 Å². The van der Waals surface area contributed by atoms with Crippen molar-refractivity contribution in [2.24, 2.45) is 0 Å². The van der Waals surface area contributed by atoms with Crippen LogP contribution < -0.4 is 21.2 Å². The fourth-order valence-electron chi connectivity index (χ4n) is 5.62. The molecule has 30 heteroatoms. The second-order valence-electron chi connectivity index (χ2n) is 13.8. The molecule has 0 saturated carbocycles. The van der Waals surface area contributed by atoms with Gasteiger partial charge in [0.05, 0.1) is 56.7 Å². The van der Waals surface area contributed by atoms with Crippen LogP contribution in [0.5, 0.6) is 0 Å². The van der Waals surface area contributed by atoms with Gasteiger partial charge in [-0.15, -0.1) is 0 Å². The van der Waals surface area contributed by atoms with Crippen LogP contribution in [-0.2, 0) is 67.6 Å². The maximum absolute atomic E-state index is 14.9. The molecular weight excluding hydrogens is 1010 g/mol. The summed E-state index contributed by atoms with van der Waals surface area (Å²) in [7, 11) is -13.0. The summed E-state index contributed by atoms with van der Waals surface area (Å²) in [6.45, 7) is 0.664. The Hall–Kier alpha value is -4.42. The predicted octanol–water partition coefficient (Wildman–Crippen LogP) is 13.8. The summed E-state index contributed by atoms with van der Waals surface area (Å²) in [5, 5.41) is -8.06. The third-order valence-corrected chi connectivity index (χ3v) is 14.0. The van der Waals surface area contributed by atoms with Crippen LogP contribution in [0.4, 0.5) is 105 Å². The zero-order valence-electron chi connectivity index (χ0n) is 31.7. The standard InChI is InChI=1S/C36H20F24O4P2/c1-15(63-65(61,25-7-17(29(37,38)39)3-18(8-25)30(40,41)42)26-9-19(31(43,44)45)4-20(10-26)32(46,47)48)16(2)64-66(62,27-11-21(33(49,50)51)5-22(12-27)34(52,53)54)28-13-23(35(55,56)57)6-24(14-28)36(58,59)60/h3-16H,1-2H3/t15-,16-/m1/s1. The summed E-state index contributed by atoms with van der Waals surface area (Å²) in [4.78, 5) is 0. The van der Waals surface area contributed by atoms with Crippen molar-refractivity contribution in [1.82, 2.24) is 0 Å². The van der Waals surface area contributed by atoms with Crippen molar-refractivity contribution < 1.29 is 124 Å². The number of rotatable bonds is 9. The van der Waals surface area contributed by atoms with Gasteiger partial charge >= 0.3 is 49.4 Å². The van der Waals surface area contributed by atoms with Crippen molar-refractivity contribution in [2.45, 2.75) is 75.5 Å². The maximum atomic E-state index is 14.9. The van der Waals surface area contributed by atoms with Gasteiger partial charge in [-0.05, 0) is 86.6 Å². The molecule has 4 aromatic carbocycles. The van der Waals surface area contributed by atoms with Crippen LogP contribution in [0.25, 0.3) is 0 Å². The van der Waals surface area contributed by atoms with Crippen LogP contribution in [0.3, 0.4) is 0 Å². The third-order valence-electron chi connectivity index (χ3n) is 8.94. The van der Waals surface area contributed by atoms with Crippen LogP contribution in [-0.4, -0.2) is 12.2 Å². The fraction of sp³-hybridized carbons (Fsp3) is 0.333. The molecule has 0 aliphatic rings. The molecule has 2 atom stereocenters. The minimum Gasteiger partial charge on any atom is -0.316 e. The minimum atomic E-state index is -6.51. The van der Waals surface area contributed by atoms with E-state index in [4.69, 9.17) is 9.05 Å². The van der Waals surface area contributed by atoms with Crippen LogP contribution in [0.1, 0.15) is 58.4 Å². The lowest BCUT2D eigenvalue weighted by atomic mass is 10.1. The summed E-state index contributed by atoms with van der Waals surface area (Å²) in [6.07, 6.45) is -52.7. The Morgan fingerprint density at radius 1 is 0.288 bits per heavy atom. The second-order valence-corrected chi connectivity index (χ2v) is 18.5. The molecule has 0 heterocycles. The molecule has 0 radical (unpaired) electrons. The monoisotopic (exact) mass is 1030 g/mol. The fourth-order valence-corrected chi connectivity index (χ4v) is 10.5. The predicted molar refractivity (Wildman–Crippen MR) is 181 cm³/mol. The van der Waals surface area contributed by atoms with Crippen molar-refractivity contribution in [3.8, 4) is 0 Å². The maximum Gasteiger partial charge on any atom is 0.416 e. The molecule has 0 bridgehead atoms. The summed E-state index contributed by atoms with van der Waals surface area (Å²) < 4.78 is 375. The van der Waals surface area contributed by atoms with Gasteiger partial charge in [-0.25, -0.2) is 0 Å². The van der Waals surface area contributed by atoms with Crippen LogP contribution in [0.15, 0.2) is 72.8 Å². The molecule has 4 nitrogen and oxygen atoms in total. The van der Waals surface area contributed by atoms with Gasteiger partial charge in [0.15, 0.2) is 0 Å². The number of alkyl halides is 24. The number of halogens is 24. The van der Waals surface area contributed by atoms with Crippen molar-refractivity contribution in [1.29, 1.82) is 0 Å². The molecule has 0 spiro atoms. The Kier molecular flexibility index (Phi) is 14.2. The molecule has 0 aliphatic carbocycles. The van der Waals surface area contributed by atoms with Crippen molar-refractivity contribution >= 4 is 36.0 Å². The first-order valence-corrected chi connectivity index (χ1v) is 20.3. The van der Waals surface area contributed by atoms with Gasteiger partial charge in [0.1, 0.15) is 0 Å². The van der Waals surface area contributed by atoms with Gasteiger partial charge in [-0.2, -0.15) is 105 Å². The molecule has 66 heavy (non-hydrogen) atoms. The molecule has 0 fully saturated rings. The van der Waals surface area contributed by atoms with Crippen molar-refractivity contribution in [2.75, 3.05) is 0 Å². The molecular formula is C36H20F24O4P2. The van der Waals surface area contributed by atoms with E-state index in [-0.39, 0.29) is 0 Å². The number of hydrogen-bond donors (Lipinski definition) is 0. The average Bonchev–Trinajstić information content (AvgIpc) is 3.14. The topological polar surface area (TPSA) is 52.6 Å². The second kappa shape index (κ2) is 17.3. The Labute approximate surface area is 352 Å². The molecule has 0 aliphatic heterocycles. The summed E-state index contributed by atoms with van der Waals surface area (Å²) in [5.74, 6) is 0. The molecule has 0 N–H and O–H groups in total. The lowest BCUT2D eigenvalue weighted by molar-refractivity contribution is -0.144. The van der Waals surface area contributed by atoms with Gasteiger partial charge in [0, 0.05) is 21.2 Å². The first-order valence-electron chi connectivity index (χ1n) is 17.0. The van der Waals surface area contributed by atoms with Gasteiger partial charge in [-0.3, -0.25) is 9.13 Å². The van der Waals surface area contributed by atoms with E-state index < -0.39 is 215 Å². The van der Waals surface area contributed by atoms with Crippen LogP contribution in [0, 0.1) is 0 Å². The molecule has 0 amide bonds. The highest BCUT2D eigenvalue weighted by atomic mass is 31.2. The highest BCUT2D eigenvalue weighted by Crippen LogP contribution is 2.54. The van der Waals surface area contributed by atoms with E-state index in [9.17, 15) is 115 Å². The summed E-state index contributed by atoms with van der Waals surface area (Å²) in [6, 6.07) is -6.70. The van der Waals surface area contributed by atoms with E-state index in [1.807, 2.05) is 0 Å². The highest BCUT2D eigenvalue weighted by Gasteiger charge is 2.48. The van der Waals surface area contributed by atoms with Crippen molar-refractivity contribution in [3.05, 3.63) is 117 Å². The lowest BCUT2D eigenvalue weighted by Crippen LogP contribution is -2.33. The summed E-state index contributed by atoms with van der Waals surface area (Å²) >= 11 is 0. The molecule has 0 saturated heterocycles. The first kappa shape index (κ1) is 54.2. The molecule has 0 aromatic heterocycles. The normalized spacial score (nSPS) is 15.2. The van der Waals surface area contributed by atoms with E-state index in [0.29, 0.717) is 13.8 Å². The third kappa shape index (κ3) is 12.2. The Morgan fingerprint density at radius 2 is 0.409 bits per heavy atom. The average molecular weight is 1030 g/mol. The summed E-state index contributed by atoms with van der Waals surface area (Å²) in [5.41, 5.74) is -19.5. The molecule has 4 aromatic rings. The smallest absolute Gasteiger partial charge is 0.316 e. The van der Waals surface area contributed by atoms with Crippen LogP contribution >= 0.6 is 14.7 Å². The SMILES string of the molecule is C[C@@H](OP(=O)(c1cc(C(F)(F)F)cc(C(F)(F)F)c1)c1cc(C(F)(F)F)cc(C(F)(F)F)c1)[C@@H](C)OP(=O)(c1cc(C(F)(F)F)cc(C(F)(F)F)c1)c1cc(C(F)(F)F)cc(C(F)(F)F)c1.